The van der Waals surface area contributed by atoms with E-state index >= 15 is 0 Å². The zero-order chi connectivity index (χ0) is 14.8. The van der Waals surface area contributed by atoms with Gasteiger partial charge in [0.1, 0.15) is 0 Å². The number of rotatable bonds is 3. The molecule has 21 heavy (non-hydrogen) atoms. The van der Waals surface area contributed by atoms with Gasteiger partial charge >= 0.3 is 5.97 Å². The minimum absolute atomic E-state index is 0.292. The highest BCUT2D eigenvalue weighted by molar-refractivity contribution is 5.90. The predicted molar refractivity (Wildman–Crippen MR) is 81.0 cm³/mol. The van der Waals surface area contributed by atoms with Crippen LogP contribution in [0.2, 0.25) is 0 Å². The minimum Gasteiger partial charge on any atom is -0.478 e. The van der Waals surface area contributed by atoms with Crippen LogP contribution in [0.3, 0.4) is 0 Å². The van der Waals surface area contributed by atoms with Gasteiger partial charge in [-0.3, -0.25) is 0 Å². The monoisotopic (exact) mass is 279 g/mol. The highest BCUT2D eigenvalue weighted by Gasteiger charge is 2.08. The second-order valence-electron chi connectivity index (χ2n) is 4.71. The Morgan fingerprint density at radius 3 is 2.76 bits per heavy atom. The summed E-state index contributed by atoms with van der Waals surface area (Å²) in [6.07, 6.45) is 1.75. The number of carbonyl (C=O) groups is 1. The fourth-order valence-electron chi connectivity index (χ4n) is 2.14. The van der Waals surface area contributed by atoms with Crippen molar-refractivity contribution in [3.8, 4) is 0 Å². The zero-order valence-electron chi connectivity index (χ0n) is 11.4. The second kappa shape index (κ2) is 5.20. The van der Waals surface area contributed by atoms with E-state index in [4.69, 9.17) is 5.11 Å². The maximum absolute atomic E-state index is 11.0. The summed E-state index contributed by atoms with van der Waals surface area (Å²) in [6.45, 7) is 1.76. The van der Waals surface area contributed by atoms with Gasteiger partial charge in [-0.05, 0) is 36.8 Å². The van der Waals surface area contributed by atoms with E-state index < -0.39 is 5.97 Å². The smallest absolute Gasteiger partial charge is 0.335 e. The van der Waals surface area contributed by atoms with Crippen molar-refractivity contribution in [3.63, 3.8) is 0 Å². The van der Waals surface area contributed by atoms with Gasteiger partial charge in [0.05, 0.1) is 11.1 Å². The van der Waals surface area contributed by atoms with Gasteiger partial charge < -0.3 is 10.4 Å². The Hall–Kier alpha value is -2.95. The molecule has 5 nitrogen and oxygen atoms in total. The lowest BCUT2D eigenvalue weighted by Crippen LogP contribution is -2.02. The third-order valence-corrected chi connectivity index (χ3v) is 3.20. The van der Waals surface area contributed by atoms with Gasteiger partial charge in [-0.25, -0.2) is 14.8 Å². The van der Waals surface area contributed by atoms with E-state index in [-0.39, 0.29) is 0 Å². The van der Waals surface area contributed by atoms with Crippen LogP contribution in [0.1, 0.15) is 15.9 Å². The topological polar surface area (TPSA) is 75.1 Å². The number of para-hydroxylation sites is 1. The molecule has 2 N–H and O–H groups in total. The van der Waals surface area contributed by atoms with Crippen molar-refractivity contribution in [3.05, 3.63) is 59.8 Å². The number of carboxylic acids is 1. The molecule has 3 rings (SSSR count). The number of nitrogens with zero attached hydrogens (tertiary/aromatic N) is 2. The second-order valence-corrected chi connectivity index (χ2v) is 4.71. The highest BCUT2D eigenvalue weighted by Crippen LogP contribution is 2.19. The molecule has 104 valence electrons. The Balaban J connectivity index is 1.91. The van der Waals surface area contributed by atoms with Crippen LogP contribution in [0.4, 0.5) is 11.6 Å². The minimum atomic E-state index is -0.930. The molecule has 5 heteroatoms. The molecule has 0 fully saturated rings. The van der Waals surface area contributed by atoms with E-state index in [1.807, 2.05) is 24.3 Å². The lowest BCUT2D eigenvalue weighted by Gasteiger charge is -2.08. The van der Waals surface area contributed by atoms with Crippen LogP contribution >= 0.6 is 0 Å². The third-order valence-electron chi connectivity index (χ3n) is 3.20. The molecular formula is C16H13N3O2. The van der Waals surface area contributed by atoms with Crippen molar-refractivity contribution in [2.24, 2.45) is 0 Å². The highest BCUT2D eigenvalue weighted by atomic mass is 16.4. The average molecular weight is 279 g/mol. The van der Waals surface area contributed by atoms with Crippen LogP contribution in [0.15, 0.2) is 48.7 Å². The molecule has 0 spiro atoms. The molecule has 1 aromatic heterocycles. The summed E-state index contributed by atoms with van der Waals surface area (Å²) in [5, 5.41) is 13.1. The molecule has 0 unspecified atom stereocenters. The molecule has 2 aromatic carbocycles. The Kier molecular flexibility index (Phi) is 3.23. The van der Waals surface area contributed by atoms with E-state index in [1.165, 1.54) is 0 Å². The number of hydrogen-bond donors (Lipinski definition) is 2. The van der Waals surface area contributed by atoms with Gasteiger partial charge in [-0.15, -0.1) is 0 Å². The summed E-state index contributed by atoms with van der Waals surface area (Å²) >= 11 is 0. The maximum Gasteiger partial charge on any atom is 0.335 e. The molecule has 0 bridgehead atoms. The molecule has 0 aliphatic rings. The van der Waals surface area contributed by atoms with Crippen molar-refractivity contribution in [2.75, 3.05) is 5.32 Å². The van der Waals surface area contributed by atoms with E-state index in [0.29, 0.717) is 17.1 Å². The third kappa shape index (κ3) is 2.67. The molecule has 0 aliphatic heterocycles. The standard InChI is InChI=1S/C16H13N3O2/c1-10-8-12(6-7-13(10)15(20)21)18-16-17-9-11-4-2-3-5-14(11)19-16/h2-9H,1H3,(H,20,21)(H,17,18,19). The zero-order valence-corrected chi connectivity index (χ0v) is 11.4. The van der Waals surface area contributed by atoms with Gasteiger partial charge in [0.25, 0.3) is 0 Å². The van der Waals surface area contributed by atoms with Crippen molar-refractivity contribution >= 4 is 28.5 Å². The number of benzene rings is 2. The quantitative estimate of drug-likeness (QED) is 0.768. The molecule has 0 atom stereocenters. The number of anilines is 2. The van der Waals surface area contributed by atoms with Crippen molar-refractivity contribution < 1.29 is 9.90 Å². The largest absolute Gasteiger partial charge is 0.478 e. The predicted octanol–water partition coefficient (Wildman–Crippen LogP) is 3.38. The van der Waals surface area contributed by atoms with Crippen LogP contribution in [0, 0.1) is 6.92 Å². The number of fused-ring (bicyclic) bond motifs is 1. The fourth-order valence-corrected chi connectivity index (χ4v) is 2.14. The lowest BCUT2D eigenvalue weighted by atomic mass is 10.1. The van der Waals surface area contributed by atoms with Crippen LogP contribution in [0.25, 0.3) is 10.9 Å². The normalized spacial score (nSPS) is 10.5. The molecule has 0 amide bonds. The van der Waals surface area contributed by atoms with Crippen LogP contribution in [-0.4, -0.2) is 21.0 Å². The van der Waals surface area contributed by atoms with Gasteiger partial charge in [-0.1, -0.05) is 18.2 Å². The van der Waals surface area contributed by atoms with E-state index in [2.05, 4.69) is 15.3 Å². The number of aryl methyl sites for hydroxylation is 1. The van der Waals surface area contributed by atoms with Crippen molar-refractivity contribution in [1.29, 1.82) is 0 Å². The molecule has 1 heterocycles. The first-order valence-electron chi connectivity index (χ1n) is 6.46. The maximum atomic E-state index is 11.0. The number of aromatic carboxylic acids is 1. The van der Waals surface area contributed by atoms with Gasteiger partial charge in [0.15, 0.2) is 0 Å². The van der Waals surface area contributed by atoms with E-state index in [9.17, 15) is 4.79 Å². The fraction of sp³-hybridized carbons (Fsp3) is 0.0625. The molecular weight excluding hydrogens is 266 g/mol. The molecule has 0 saturated heterocycles. The SMILES string of the molecule is Cc1cc(Nc2ncc3ccccc3n2)ccc1C(=O)O. The average Bonchev–Trinajstić information content (AvgIpc) is 2.47. The van der Waals surface area contributed by atoms with E-state index in [1.54, 1.807) is 31.3 Å². The first-order chi connectivity index (χ1) is 10.1. The lowest BCUT2D eigenvalue weighted by molar-refractivity contribution is 0.0696. The molecule has 3 aromatic rings. The van der Waals surface area contributed by atoms with Crippen LogP contribution < -0.4 is 5.32 Å². The molecule has 0 aliphatic carbocycles. The molecule has 0 saturated carbocycles. The number of aromatic nitrogens is 2. The Morgan fingerprint density at radius 1 is 1.19 bits per heavy atom. The summed E-state index contributed by atoms with van der Waals surface area (Å²) in [7, 11) is 0. The number of nitrogens with one attached hydrogen (secondary N) is 1. The Labute approximate surface area is 121 Å². The molecule has 0 radical (unpaired) electrons. The van der Waals surface area contributed by atoms with Crippen LogP contribution in [0.5, 0.6) is 0 Å². The summed E-state index contributed by atoms with van der Waals surface area (Å²) in [5.74, 6) is -0.447. The van der Waals surface area contributed by atoms with Crippen molar-refractivity contribution in [1.82, 2.24) is 9.97 Å². The summed E-state index contributed by atoms with van der Waals surface area (Å²) < 4.78 is 0. The Morgan fingerprint density at radius 2 is 2.00 bits per heavy atom. The van der Waals surface area contributed by atoms with Crippen LogP contribution in [-0.2, 0) is 0 Å². The summed E-state index contributed by atoms with van der Waals surface area (Å²) in [5.41, 5.74) is 2.59. The number of hydrogen-bond acceptors (Lipinski definition) is 4. The summed E-state index contributed by atoms with van der Waals surface area (Å²) in [4.78, 5) is 19.7. The number of carboxylic acid groups (broad SMARTS) is 1. The van der Waals surface area contributed by atoms with Crippen molar-refractivity contribution in [2.45, 2.75) is 6.92 Å². The van der Waals surface area contributed by atoms with Gasteiger partial charge in [-0.2, -0.15) is 0 Å². The first kappa shape index (κ1) is 13.1. The van der Waals surface area contributed by atoms with E-state index in [0.717, 1.165) is 16.6 Å². The summed E-state index contributed by atoms with van der Waals surface area (Å²) in [6, 6.07) is 12.8. The van der Waals surface area contributed by atoms with Gasteiger partial charge in [0, 0.05) is 17.3 Å². The Bertz CT molecular complexity index is 831. The van der Waals surface area contributed by atoms with Gasteiger partial charge in [0.2, 0.25) is 5.95 Å². The first-order valence-corrected chi connectivity index (χ1v) is 6.46.